The molecule has 0 aliphatic carbocycles. The van der Waals surface area contributed by atoms with E-state index < -0.39 is 41.0 Å². The molecular formula is C11H9F4NO3. The Balaban J connectivity index is 3.19. The lowest BCUT2D eigenvalue weighted by Crippen LogP contribution is -2.39. The molecule has 0 aromatic heterocycles. The second-order valence-corrected chi connectivity index (χ2v) is 3.69. The third-order valence-electron chi connectivity index (χ3n) is 2.26. The molecule has 0 heterocycles. The SMILES string of the molecule is CC(NC(=O)c1c(F)cccc1C(F)(F)F)C(=O)O. The van der Waals surface area contributed by atoms with Crippen LogP contribution in [0.2, 0.25) is 0 Å². The Morgan fingerprint density at radius 3 is 2.37 bits per heavy atom. The fourth-order valence-corrected chi connectivity index (χ4v) is 1.32. The quantitative estimate of drug-likeness (QED) is 0.832. The molecule has 0 fully saturated rings. The van der Waals surface area contributed by atoms with Crippen molar-refractivity contribution in [1.82, 2.24) is 5.32 Å². The minimum absolute atomic E-state index is 0.545. The van der Waals surface area contributed by atoms with Gasteiger partial charge in [-0.05, 0) is 19.1 Å². The van der Waals surface area contributed by atoms with E-state index in [-0.39, 0.29) is 0 Å². The number of carbonyl (C=O) groups is 2. The first-order valence-corrected chi connectivity index (χ1v) is 5.04. The summed E-state index contributed by atoms with van der Waals surface area (Å²) in [5.41, 5.74) is -2.68. The van der Waals surface area contributed by atoms with Crippen molar-refractivity contribution in [3.05, 3.63) is 35.1 Å². The van der Waals surface area contributed by atoms with Crippen molar-refractivity contribution in [2.45, 2.75) is 19.1 Å². The molecule has 0 saturated carbocycles. The van der Waals surface area contributed by atoms with E-state index in [0.29, 0.717) is 12.1 Å². The van der Waals surface area contributed by atoms with Crippen molar-refractivity contribution in [2.24, 2.45) is 0 Å². The number of rotatable bonds is 3. The molecule has 104 valence electrons. The molecule has 1 aromatic carbocycles. The fraction of sp³-hybridized carbons (Fsp3) is 0.273. The van der Waals surface area contributed by atoms with Gasteiger partial charge in [-0.1, -0.05) is 6.07 Å². The molecular weight excluding hydrogens is 270 g/mol. The van der Waals surface area contributed by atoms with Crippen molar-refractivity contribution in [3.8, 4) is 0 Å². The van der Waals surface area contributed by atoms with E-state index in [9.17, 15) is 27.2 Å². The second-order valence-electron chi connectivity index (χ2n) is 3.69. The topological polar surface area (TPSA) is 66.4 Å². The first-order valence-electron chi connectivity index (χ1n) is 5.04. The molecule has 0 spiro atoms. The average molecular weight is 279 g/mol. The van der Waals surface area contributed by atoms with Crippen LogP contribution in [0, 0.1) is 5.82 Å². The number of hydrogen-bond donors (Lipinski definition) is 2. The normalized spacial score (nSPS) is 12.9. The highest BCUT2D eigenvalue weighted by molar-refractivity contribution is 5.98. The van der Waals surface area contributed by atoms with Gasteiger partial charge in [-0.3, -0.25) is 9.59 Å². The van der Waals surface area contributed by atoms with Crippen LogP contribution >= 0.6 is 0 Å². The Kier molecular flexibility index (Phi) is 4.13. The number of carboxylic acids is 1. The maximum Gasteiger partial charge on any atom is 0.417 e. The molecule has 0 aliphatic rings. The number of hydrogen-bond acceptors (Lipinski definition) is 2. The number of carbonyl (C=O) groups excluding carboxylic acids is 1. The molecule has 2 N–H and O–H groups in total. The standard InChI is InChI=1S/C11H9F4NO3/c1-5(10(18)19)16-9(17)8-6(11(13,14)15)3-2-4-7(8)12/h2-5H,1H3,(H,16,17)(H,18,19). The third-order valence-corrected chi connectivity index (χ3v) is 2.26. The first-order chi connectivity index (χ1) is 8.64. The van der Waals surface area contributed by atoms with Crippen LogP contribution in [0.5, 0.6) is 0 Å². The van der Waals surface area contributed by atoms with Gasteiger partial charge in [-0.2, -0.15) is 13.2 Å². The lowest BCUT2D eigenvalue weighted by atomic mass is 10.1. The maximum absolute atomic E-state index is 13.4. The van der Waals surface area contributed by atoms with Gasteiger partial charge in [0, 0.05) is 0 Å². The minimum Gasteiger partial charge on any atom is -0.480 e. The lowest BCUT2D eigenvalue weighted by molar-refractivity contribution is -0.138. The summed E-state index contributed by atoms with van der Waals surface area (Å²) < 4.78 is 51.2. The zero-order valence-electron chi connectivity index (χ0n) is 9.58. The van der Waals surface area contributed by atoms with Crippen LogP contribution in [-0.4, -0.2) is 23.0 Å². The van der Waals surface area contributed by atoms with E-state index in [1.807, 2.05) is 0 Å². The fourth-order valence-electron chi connectivity index (χ4n) is 1.32. The molecule has 1 amide bonds. The molecule has 1 unspecified atom stereocenters. The van der Waals surface area contributed by atoms with Gasteiger partial charge >= 0.3 is 12.1 Å². The Hall–Kier alpha value is -2.12. The van der Waals surface area contributed by atoms with Crippen LogP contribution < -0.4 is 5.32 Å². The zero-order chi connectivity index (χ0) is 14.8. The van der Waals surface area contributed by atoms with Gasteiger partial charge in [0.25, 0.3) is 5.91 Å². The van der Waals surface area contributed by atoms with Gasteiger partial charge in [0.2, 0.25) is 0 Å². The summed E-state index contributed by atoms with van der Waals surface area (Å²) in [4.78, 5) is 22.0. The van der Waals surface area contributed by atoms with Gasteiger partial charge in [0.15, 0.2) is 0 Å². The minimum atomic E-state index is -4.92. The third kappa shape index (κ3) is 3.43. The van der Waals surface area contributed by atoms with Crippen LogP contribution in [0.1, 0.15) is 22.8 Å². The number of carboxylic acid groups (broad SMARTS) is 1. The number of halogens is 4. The van der Waals surface area contributed by atoms with E-state index in [1.54, 1.807) is 5.32 Å². The molecule has 0 aliphatic heterocycles. The van der Waals surface area contributed by atoms with E-state index >= 15 is 0 Å². The first kappa shape index (κ1) is 14.9. The molecule has 1 aromatic rings. The summed E-state index contributed by atoms with van der Waals surface area (Å²) in [6.07, 6.45) is -4.92. The molecule has 4 nitrogen and oxygen atoms in total. The summed E-state index contributed by atoms with van der Waals surface area (Å²) in [7, 11) is 0. The summed E-state index contributed by atoms with van der Waals surface area (Å²) in [6, 6.07) is 0.613. The number of amides is 1. The summed E-state index contributed by atoms with van der Waals surface area (Å²) in [5.74, 6) is -4.25. The van der Waals surface area contributed by atoms with Crippen molar-refractivity contribution < 1.29 is 32.3 Å². The van der Waals surface area contributed by atoms with Crippen molar-refractivity contribution >= 4 is 11.9 Å². The van der Waals surface area contributed by atoms with Crippen molar-refractivity contribution in [2.75, 3.05) is 0 Å². The van der Waals surface area contributed by atoms with E-state index in [1.165, 1.54) is 0 Å². The maximum atomic E-state index is 13.4. The van der Waals surface area contributed by atoms with Crippen LogP contribution in [-0.2, 0) is 11.0 Å². The van der Waals surface area contributed by atoms with Crippen LogP contribution in [0.3, 0.4) is 0 Å². The Morgan fingerprint density at radius 1 is 1.32 bits per heavy atom. The largest absolute Gasteiger partial charge is 0.480 e. The predicted octanol–water partition coefficient (Wildman–Crippen LogP) is 2.05. The van der Waals surface area contributed by atoms with Crippen molar-refractivity contribution in [3.63, 3.8) is 0 Å². The van der Waals surface area contributed by atoms with Gasteiger partial charge in [0.1, 0.15) is 11.9 Å². The average Bonchev–Trinajstić information content (AvgIpc) is 2.26. The van der Waals surface area contributed by atoms with E-state index in [4.69, 9.17) is 5.11 Å². The van der Waals surface area contributed by atoms with Gasteiger partial charge in [-0.25, -0.2) is 4.39 Å². The Bertz CT molecular complexity index is 513. The van der Waals surface area contributed by atoms with Crippen LogP contribution in [0.4, 0.5) is 17.6 Å². The Morgan fingerprint density at radius 2 is 1.89 bits per heavy atom. The predicted molar refractivity (Wildman–Crippen MR) is 56.0 cm³/mol. The number of aliphatic carboxylic acids is 1. The van der Waals surface area contributed by atoms with Crippen LogP contribution in [0.25, 0.3) is 0 Å². The van der Waals surface area contributed by atoms with E-state index in [2.05, 4.69) is 0 Å². The summed E-state index contributed by atoms with van der Waals surface area (Å²) >= 11 is 0. The smallest absolute Gasteiger partial charge is 0.417 e. The Labute approximate surface area is 105 Å². The highest BCUT2D eigenvalue weighted by atomic mass is 19.4. The molecule has 19 heavy (non-hydrogen) atoms. The highest BCUT2D eigenvalue weighted by Crippen LogP contribution is 2.32. The molecule has 0 bridgehead atoms. The molecule has 0 saturated heterocycles. The molecule has 0 radical (unpaired) electrons. The van der Waals surface area contributed by atoms with Crippen LogP contribution in [0.15, 0.2) is 18.2 Å². The zero-order valence-corrected chi connectivity index (χ0v) is 9.58. The van der Waals surface area contributed by atoms with Crippen molar-refractivity contribution in [1.29, 1.82) is 0 Å². The molecule has 1 atom stereocenters. The lowest BCUT2D eigenvalue weighted by Gasteiger charge is -2.15. The van der Waals surface area contributed by atoms with Gasteiger partial charge in [0.05, 0.1) is 11.1 Å². The van der Waals surface area contributed by atoms with Gasteiger partial charge < -0.3 is 10.4 Å². The highest BCUT2D eigenvalue weighted by Gasteiger charge is 2.37. The summed E-state index contributed by atoms with van der Waals surface area (Å²) in [6.45, 7) is 1.05. The van der Waals surface area contributed by atoms with Gasteiger partial charge in [-0.15, -0.1) is 0 Å². The van der Waals surface area contributed by atoms with E-state index in [0.717, 1.165) is 13.0 Å². The monoisotopic (exact) mass is 279 g/mol. The molecule has 8 heteroatoms. The number of alkyl halides is 3. The summed E-state index contributed by atoms with van der Waals surface area (Å²) in [5, 5.41) is 10.3. The molecule has 1 rings (SSSR count). The second kappa shape index (κ2) is 5.25. The number of nitrogens with one attached hydrogen (secondary N) is 1. The number of benzene rings is 1.